The summed E-state index contributed by atoms with van der Waals surface area (Å²) in [5.74, 6) is 0.613. The van der Waals surface area contributed by atoms with Crippen molar-refractivity contribution < 1.29 is 0 Å². The molecule has 0 bridgehead atoms. The number of aromatic nitrogens is 5. The number of aryl methyl sites for hydroxylation is 2. The molecule has 0 radical (unpaired) electrons. The van der Waals surface area contributed by atoms with Gasteiger partial charge in [-0.05, 0) is 36.6 Å². The molecule has 6 nitrogen and oxygen atoms in total. The topological polar surface area (TPSA) is 68.5 Å². The number of nitrogens with zero attached hydrogens (tertiary/aromatic N) is 5. The van der Waals surface area contributed by atoms with Crippen LogP contribution >= 0.6 is 0 Å². The molecule has 0 aliphatic carbocycles. The maximum atomic E-state index is 4.69. The van der Waals surface area contributed by atoms with E-state index in [1.807, 2.05) is 43.2 Å². The number of anilines is 1. The summed E-state index contributed by atoms with van der Waals surface area (Å²) in [7, 11) is 1.91. The van der Waals surface area contributed by atoms with Crippen LogP contribution in [0.5, 0.6) is 0 Å². The van der Waals surface area contributed by atoms with Gasteiger partial charge in [-0.15, -0.1) is 0 Å². The van der Waals surface area contributed by atoms with E-state index in [1.54, 1.807) is 12.4 Å². The number of hydrogen-bond acceptors (Lipinski definition) is 5. The second-order valence-electron chi connectivity index (χ2n) is 5.46. The van der Waals surface area contributed by atoms with Crippen molar-refractivity contribution in [2.45, 2.75) is 26.3 Å². The van der Waals surface area contributed by atoms with Crippen LogP contribution in [0.2, 0.25) is 0 Å². The van der Waals surface area contributed by atoms with Crippen LogP contribution < -0.4 is 5.32 Å². The van der Waals surface area contributed by atoms with E-state index < -0.39 is 0 Å². The minimum Gasteiger partial charge on any atom is -0.347 e. The van der Waals surface area contributed by atoms with Crippen LogP contribution in [-0.2, 0) is 7.05 Å². The van der Waals surface area contributed by atoms with Crippen LogP contribution in [0.15, 0.2) is 43.0 Å². The van der Waals surface area contributed by atoms with Crippen molar-refractivity contribution in [2.24, 2.45) is 7.05 Å². The fraction of sp³-hybridized carbons (Fsp3) is 0.294. The van der Waals surface area contributed by atoms with Crippen molar-refractivity contribution in [3.05, 3.63) is 54.1 Å². The second kappa shape index (κ2) is 6.56. The summed E-state index contributed by atoms with van der Waals surface area (Å²) in [5.41, 5.74) is 4.01. The van der Waals surface area contributed by atoms with Gasteiger partial charge in [0.15, 0.2) is 0 Å². The Bertz CT molecular complexity index is 781. The molecule has 118 valence electrons. The van der Waals surface area contributed by atoms with Gasteiger partial charge in [0.25, 0.3) is 0 Å². The molecule has 3 heterocycles. The van der Waals surface area contributed by atoms with Crippen LogP contribution in [0, 0.1) is 6.92 Å². The summed E-state index contributed by atoms with van der Waals surface area (Å²) in [6, 6.07) is 6.09. The van der Waals surface area contributed by atoms with Crippen molar-refractivity contribution in [1.29, 1.82) is 0 Å². The lowest BCUT2D eigenvalue weighted by atomic mass is 10.1. The van der Waals surface area contributed by atoms with E-state index in [-0.39, 0.29) is 6.04 Å². The smallest absolute Gasteiger partial charge is 0.223 e. The Hall–Kier alpha value is -2.76. The minimum atomic E-state index is 0.130. The lowest BCUT2D eigenvalue weighted by Crippen LogP contribution is -2.13. The molecule has 1 N–H and O–H groups in total. The Morgan fingerprint density at radius 1 is 1.22 bits per heavy atom. The van der Waals surface area contributed by atoms with Crippen molar-refractivity contribution >= 4 is 5.95 Å². The predicted octanol–water partition coefficient (Wildman–Crippen LogP) is 3.14. The summed E-state index contributed by atoms with van der Waals surface area (Å²) in [5, 5.41) is 7.62. The van der Waals surface area contributed by atoms with Crippen LogP contribution in [0.4, 0.5) is 5.95 Å². The van der Waals surface area contributed by atoms with Gasteiger partial charge in [0, 0.05) is 31.8 Å². The molecule has 0 unspecified atom stereocenters. The molecule has 0 aliphatic rings. The SMILES string of the molecule is CC[C@H](Nc1ncc(C)c(-c2ccnn2C)n1)c1cccnc1. The average molecular weight is 308 g/mol. The highest BCUT2D eigenvalue weighted by Gasteiger charge is 2.14. The van der Waals surface area contributed by atoms with Crippen molar-refractivity contribution in [2.75, 3.05) is 5.32 Å². The van der Waals surface area contributed by atoms with E-state index in [0.29, 0.717) is 5.95 Å². The lowest BCUT2D eigenvalue weighted by molar-refractivity contribution is 0.733. The zero-order valence-corrected chi connectivity index (χ0v) is 13.6. The monoisotopic (exact) mass is 308 g/mol. The van der Waals surface area contributed by atoms with E-state index in [9.17, 15) is 0 Å². The van der Waals surface area contributed by atoms with Crippen LogP contribution in [-0.4, -0.2) is 24.7 Å². The molecule has 0 spiro atoms. The van der Waals surface area contributed by atoms with Crippen molar-refractivity contribution in [1.82, 2.24) is 24.7 Å². The third-order valence-electron chi connectivity index (χ3n) is 3.83. The predicted molar refractivity (Wildman–Crippen MR) is 89.9 cm³/mol. The van der Waals surface area contributed by atoms with E-state index in [4.69, 9.17) is 0 Å². The summed E-state index contributed by atoms with van der Waals surface area (Å²) in [6.07, 6.45) is 8.18. The Balaban J connectivity index is 1.90. The number of rotatable bonds is 5. The normalized spacial score (nSPS) is 12.1. The summed E-state index contributed by atoms with van der Waals surface area (Å²) < 4.78 is 1.82. The van der Waals surface area contributed by atoms with Crippen LogP contribution in [0.3, 0.4) is 0 Å². The highest BCUT2D eigenvalue weighted by molar-refractivity contribution is 5.59. The van der Waals surface area contributed by atoms with Gasteiger partial charge in [0.2, 0.25) is 5.95 Å². The van der Waals surface area contributed by atoms with Crippen LogP contribution in [0.1, 0.15) is 30.5 Å². The molecule has 6 heteroatoms. The van der Waals surface area contributed by atoms with E-state index in [2.05, 4.69) is 38.4 Å². The van der Waals surface area contributed by atoms with Gasteiger partial charge in [-0.3, -0.25) is 9.67 Å². The van der Waals surface area contributed by atoms with Crippen LogP contribution in [0.25, 0.3) is 11.4 Å². The molecule has 0 saturated heterocycles. The molecule has 3 rings (SSSR count). The van der Waals surface area contributed by atoms with Gasteiger partial charge < -0.3 is 5.32 Å². The lowest BCUT2D eigenvalue weighted by Gasteiger charge is -2.17. The number of hydrogen-bond donors (Lipinski definition) is 1. The molecule has 0 aliphatic heterocycles. The quantitative estimate of drug-likeness (QED) is 0.784. The van der Waals surface area contributed by atoms with Gasteiger partial charge >= 0.3 is 0 Å². The standard InChI is InChI=1S/C17H20N6/c1-4-14(13-6-5-8-18-11-13)21-17-19-10-12(2)16(22-17)15-7-9-20-23(15)3/h5-11,14H,4H2,1-3H3,(H,19,21,22)/t14-/m0/s1. The maximum Gasteiger partial charge on any atom is 0.223 e. The third-order valence-corrected chi connectivity index (χ3v) is 3.83. The van der Waals surface area contributed by atoms with E-state index in [1.165, 1.54) is 0 Å². The Kier molecular flexibility index (Phi) is 4.32. The zero-order chi connectivity index (χ0) is 16.2. The summed E-state index contributed by atoms with van der Waals surface area (Å²) in [6.45, 7) is 4.13. The number of pyridine rings is 1. The first-order valence-corrected chi connectivity index (χ1v) is 7.67. The molecule has 0 aromatic carbocycles. The first kappa shape index (κ1) is 15.1. The second-order valence-corrected chi connectivity index (χ2v) is 5.46. The highest BCUT2D eigenvalue weighted by Crippen LogP contribution is 2.24. The largest absolute Gasteiger partial charge is 0.347 e. The van der Waals surface area contributed by atoms with Crippen molar-refractivity contribution in [3.8, 4) is 11.4 Å². The van der Waals surface area contributed by atoms with Gasteiger partial charge in [-0.25, -0.2) is 9.97 Å². The Morgan fingerprint density at radius 2 is 2.09 bits per heavy atom. The zero-order valence-electron chi connectivity index (χ0n) is 13.6. The Labute approximate surface area is 135 Å². The van der Waals surface area contributed by atoms with E-state index >= 15 is 0 Å². The molecule has 3 aromatic rings. The molecule has 23 heavy (non-hydrogen) atoms. The fourth-order valence-corrected chi connectivity index (χ4v) is 2.54. The van der Waals surface area contributed by atoms with Gasteiger partial charge in [-0.2, -0.15) is 5.10 Å². The fourth-order valence-electron chi connectivity index (χ4n) is 2.54. The molecule has 0 saturated carbocycles. The maximum absolute atomic E-state index is 4.69. The first-order valence-electron chi connectivity index (χ1n) is 7.67. The molecule has 0 fully saturated rings. The summed E-state index contributed by atoms with van der Waals surface area (Å²) in [4.78, 5) is 13.3. The molecular weight excluding hydrogens is 288 g/mol. The summed E-state index contributed by atoms with van der Waals surface area (Å²) >= 11 is 0. The Morgan fingerprint density at radius 3 is 2.74 bits per heavy atom. The third kappa shape index (κ3) is 3.21. The van der Waals surface area contributed by atoms with E-state index in [0.717, 1.165) is 28.9 Å². The first-order chi connectivity index (χ1) is 11.2. The molecule has 3 aromatic heterocycles. The minimum absolute atomic E-state index is 0.130. The van der Waals surface area contributed by atoms with Gasteiger partial charge in [0.05, 0.1) is 17.4 Å². The molecule has 0 amide bonds. The van der Waals surface area contributed by atoms with Crippen molar-refractivity contribution in [3.63, 3.8) is 0 Å². The average Bonchev–Trinajstić information content (AvgIpc) is 3.00. The molecular formula is C17H20N6. The number of nitrogens with one attached hydrogen (secondary N) is 1. The van der Waals surface area contributed by atoms with Gasteiger partial charge in [0.1, 0.15) is 0 Å². The highest BCUT2D eigenvalue weighted by atomic mass is 15.3. The molecule has 1 atom stereocenters. The van der Waals surface area contributed by atoms with Gasteiger partial charge in [-0.1, -0.05) is 13.0 Å².